The standard InChI is InChI=1S/C11H8O3/c1-3-7(13)11-9-5-4-8(14-9)10(11)6(2)12/h3-5H,1H2,2H3. The number of carbonyl (C=O) groups excluding carboxylic acids is 2. The molecular weight excluding hydrogens is 180 g/mol. The third-order valence-corrected chi connectivity index (χ3v) is 2.13. The Labute approximate surface area is 80.3 Å². The van der Waals surface area contributed by atoms with Gasteiger partial charge >= 0.3 is 0 Å². The monoisotopic (exact) mass is 188 g/mol. The molecule has 3 heteroatoms. The molecule has 0 aliphatic carbocycles. The van der Waals surface area contributed by atoms with Crippen molar-refractivity contribution in [2.75, 3.05) is 0 Å². The fourth-order valence-electron chi connectivity index (χ4n) is 1.55. The van der Waals surface area contributed by atoms with Gasteiger partial charge in [0.2, 0.25) is 0 Å². The molecule has 0 aromatic carbocycles. The number of ketones is 2. The number of fused-ring (bicyclic) bond motifs is 2. The van der Waals surface area contributed by atoms with Crippen molar-refractivity contribution in [3.63, 3.8) is 0 Å². The zero-order chi connectivity index (χ0) is 10.3. The summed E-state index contributed by atoms with van der Waals surface area (Å²) in [7, 11) is 0. The van der Waals surface area contributed by atoms with Gasteiger partial charge in [-0.1, -0.05) is 6.58 Å². The van der Waals surface area contributed by atoms with Gasteiger partial charge in [-0.15, -0.1) is 0 Å². The van der Waals surface area contributed by atoms with Crippen LogP contribution in [-0.4, -0.2) is 11.6 Å². The largest absolute Gasteiger partial charge is 0.456 e. The molecule has 2 bridgehead atoms. The lowest BCUT2D eigenvalue weighted by atomic mass is 10.0. The number of rotatable bonds is 3. The molecule has 0 spiro atoms. The number of Topliss-reactive ketones (excluding diaryl/α,β-unsaturated/α-hetero) is 1. The SMILES string of the molecule is C=CC(=O)c1c(C(C)=O)c2ccc1o2. The number of hydrogen-bond donors (Lipinski definition) is 0. The van der Waals surface area contributed by atoms with Crippen molar-refractivity contribution in [3.05, 3.63) is 35.9 Å². The average Bonchev–Trinajstić information content (AvgIpc) is 2.74. The minimum Gasteiger partial charge on any atom is -0.456 e. The second-order valence-corrected chi connectivity index (χ2v) is 3.04. The van der Waals surface area contributed by atoms with E-state index in [4.69, 9.17) is 4.42 Å². The Kier molecular flexibility index (Phi) is 1.74. The molecule has 0 unspecified atom stereocenters. The van der Waals surface area contributed by atoms with Crippen molar-refractivity contribution >= 4 is 22.7 Å². The summed E-state index contributed by atoms with van der Waals surface area (Å²) in [6, 6.07) is 3.37. The highest BCUT2D eigenvalue weighted by molar-refractivity contribution is 6.19. The predicted octanol–water partition coefficient (Wildman–Crippen LogP) is 2.44. The van der Waals surface area contributed by atoms with Crippen molar-refractivity contribution in [2.45, 2.75) is 6.92 Å². The van der Waals surface area contributed by atoms with Gasteiger partial charge in [0, 0.05) is 0 Å². The van der Waals surface area contributed by atoms with Gasteiger partial charge in [0.15, 0.2) is 11.6 Å². The van der Waals surface area contributed by atoms with Gasteiger partial charge < -0.3 is 4.42 Å². The van der Waals surface area contributed by atoms with E-state index in [9.17, 15) is 9.59 Å². The molecule has 0 aliphatic rings. The molecule has 2 rings (SSSR count). The summed E-state index contributed by atoms with van der Waals surface area (Å²) in [5.74, 6) is -0.436. The van der Waals surface area contributed by atoms with E-state index in [1.165, 1.54) is 13.0 Å². The maximum Gasteiger partial charge on any atom is 0.189 e. The van der Waals surface area contributed by atoms with E-state index in [1.54, 1.807) is 12.1 Å². The maximum absolute atomic E-state index is 11.4. The Morgan fingerprint density at radius 2 is 1.86 bits per heavy atom. The lowest BCUT2D eigenvalue weighted by Gasteiger charge is -1.96. The Morgan fingerprint density at radius 1 is 1.29 bits per heavy atom. The van der Waals surface area contributed by atoms with Crippen LogP contribution in [0.4, 0.5) is 0 Å². The molecule has 0 aliphatic heterocycles. The first-order valence-corrected chi connectivity index (χ1v) is 4.17. The minimum atomic E-state index is -0.274. The molecule has 0 saturated carbocycles. The van der Waals surface area contributed by atoms with Gasteiger partial charge in [0.1, 0.15) is 11.2 Å². The highest BCUT2D eigenvalue weighted by Crippen LogP contribution is 2.29. The van der Waals surface area contributed by atoms with Crippen molar-refractivity contribution in [1.82, 2.24) is 0 Å². The normalized spacial score (nSPS) is 10.6. The fraction of sp³-hybridized carbons (Fsp3) is 0.0909. The van der Waals surface area contributed by atoms with Gasteiger partial charge in [0.25, 0.3) is 0 Å². The first-order valence-electron chi connectivity index (χ1n) is 4.17. The molecule has 0 radical (unpaired) electrons. The van der Waals surface area contributed by atoms with E-state index in [2.05, 4.69) is 6.58 Å². The van der Waals surface area contributed by atoms with Crippen LogP contribution in [0.2, 0.25) is 0 Å². The molecule has 2 heterocycles. The molecule has 0 fully saturated rings. The van der Waals surface area contributed by atoms with Crippen molar-refractivity contribution in [2.24, 2.45) is 0 Å². The Balaban J connectivity index is 2.75. The Morgan fingerprint density at radius 3 is 2.36 bits per heavy atom. The number of allylic oxidation sites excluding steroid dienone is 1. The summed E-state index contributed by atoms with van der Waals surface area (Å²) >= 11 is 0. The van der Waals surface area contributed by atoms with E-state index in [0.29, 0.717) is 22.3 Å². The Bertz CT molecular complexity index is 519. The molecule has 0 atom stereocenters. The number of carbonyl (C=O) groups is 2. The van der Waals surface area contributed by atoms with Crippen molar-refractivity contribution in [3.8, 4) is 0 Å². The van der Waals surface area contributed by atoms with Crippen molar-refractivity contribution < 1.29 is 14.0 Å². The van der Waals surface area contributed by atoms with Gasteiger partial charge in [-0.3, -0.25) is 9.59 Å². The highest BCUT2D eigenvalue weighted by atomic mass is 16.3. The molecule has 14 heavy (non-hydrogen) atoms. The quantitative estimate of drug-likeness (QED) is 0.549. The minimum absolute atomic E-state index is 0.162. The average molecular weight is 188 g/mol. The first-order chi connectivity index (χ1) is 6.65. The topological polar surface area (TPSA) is 47.3 Å². The summed E-state index contributed by atoms with van der Waals surface area (Å²) in [6.45, 7) is 4.80. The van der Waals surface area contributed by atoms with Crippen LogP contribution in [0.25, 0.3) is 11.2 Å². The molecule has 70 valence electrons. The van der Waals surface area contributed by atoms with Gasteiger partial charge in [-0.2, -0.15) is 0 Å². The Hall–Kier alpha value is -1.90. The molecule has 0 N–H and O–H groups in total. The summed E-state index contributed by atoms with van der Waals surface area (Å²) < 4.78 is 5.24. The van der Waals surface area contributed by atoms with E-state index < -0.39 is 0 Å². The maximum atomic E-state index is 11.4. The number of benzene rings is 1. The van der Waals surface area contributed by atoms with Crippen LogP contribution in [0.1, 0.15) is 27.6 Å². The molecule has 0 amide bonds. The van der Waals surface area contributed by atoms with Crippen LogP contribution in [0.3, 0.4) is 0 Å². The lowest BCUT2D eigenvalue weighted by Crippen LogP contribution is -2.02. The molecule has 2 aromatic rings. The van der Waals surface area contributed by atoms with Crippen molar-refractivity contribution in [1.29, 1.82) is 0 Å². The van der Waals surface area contributed by atoms with Gasteiger partial charge in [-0.25, -0.2) is 0 Å². The fourth-order valence-corrected chi connectivity index (χ4v) is 1.55. The summed E-state index contributed by atoms with van der Waals surface area (Å²) in [5.41, 5.74) is 1.63. The van der Waals surface area contributed by atoms with Gasteiger partial charge in [0.05, 0.1) is 11.1 Å². The smallest absolute Gasteiger partial charge is 0.189 e. The molecule has 0 saturated heterocycles. The summed E-state index contributed by atoms with van der Waals surface area (Å²) in [5, 5.41) is 0. The third kappa shape index (κ3) is 0.988. The van der Waals surface area contributed by atoms with E-state index >= 15 is 0 Å². The molecule has 2 aromatic heterocycles. The van der Waals surface area contributed by atoms with E-state index in [1.807, 2.05) is 0 Å². The zero-order valence-corrected chi connectivity index (χ0v) is 7.66. The number of furan rings is 2. The number of hydrogen-bond acceptors (Lipinski definition) is 3. The second kappa shape index (κ2) is 2.80. The zero-order valence-electron chi connectivity index (χ0n) is 7.66. The predicted molar refractivity (Wildman–Crippen MR) is 51.9 cm³/mol. The molecule has 3 nitrogen and oxygen atoms in total. The van der Waals surface area contributed by atoms with E-state index in [0.717, 1.165) is 0 Å². The van der Waals surface area contributed by atoms with Crippen LogP contribution >= 0.6 is 0 Å². The van der Waals surface area contributed by atoms with Crippen LogP contribution in [0.15, 0.2) is 29.2 Å². The van der Waals surface area contributed by atoms with E-state index in [-0.39, 0.29) is 11.6 Å². The summed E-state index contributed by atoms with van der Waals surface area (Å²) in [4.78, 5) is 22.7. The van der Waals surface area contributed by atoms with Crippen LogP contribution < -0.4 is 0 Å². The third-order valence-electron chi connectivity index (χ3n) is 2.13. The molecular formula is C11H8O3. The lowest BCUT2D eigenvalue weighted by molar-refractivity contribution is 0.0995. The van der Waals surface area contributed by atoms with Gasteiger partial charge in [-0.05, 0) is 25.1 Å². The second-order valence-electron chi connectivity index (χ2n) is 3.04. The first kappa shape index (κ1) is 8.69. The van der Waals surface area contributed by atoms with Crippen LogP contribution in [-0.2, 0) is 0 Å². The highest BCUT2D eigenvalue weighted by Gasteiger charge is 2.23. The summed E-state index contributed by atoms with van der Waals surface area (Å²) in [6.07, 6.45) is 1.18. The van der Waals surface area contributed by atoms with Crippen LogP contribution in [0, 0.1) is 0 Å². The van der Waals surface area contributed by atoms with Crippen LogP contribution in [0.5, 0.6) is 0 Å².